The topological polar surface area (TPSA) is 56.7 Å². The first-order valence-corrected chi connectivity index (χ1v) is 9.62. The van der Waals surface area contributed by atoms with Crippen LogP contribution in [0.1, 0.15) is 23.6 Å². The molecular formula is C20H24BrN3O2. The Balaban J connectivity index is 1.75. The molecule has 0 spiro atoms. The molecule has 1 amide bonds. The van der Waals surface area contributed by atoms with Crippen LogP contribution in [0.2, 0.25) is 0 Å². The van der Waals surface area contributed by atoms with Gasteiger partial charge < -0.3 is 10.0 Å². The molecule has 2 atom stereocenters. The number of nitrogens with zero attached hydrogens (tertiary/aromatic N) is 3. The molecule has 2 heterocycles. The van der Waals surface area contributed by atoms with Crippen molar-refractivity contribution in [1.82, 2.24) is 14.8 Å². The summed E-state index contributed by atoms with van der Waals surface area (Å²) < 4.78 is 0.871. The molecule has 0 aliphatic carbocycles. The largest absolute Gasteiger partial charge is 0.392 e. The van der Waals surface area contributed by atoms with Gasteiger partial charge in [-0.3, -0.25) is 14.7 Å². The Kier molecular flexibility index (Phi) is 6.40. The number of amides is 1. The number of β-amino-alcohol motifs (C(OH)–C–C–N with tert-alkyl or cyclic N) is 1. The molecule has 0 radical (unpaired) electrons. The van der Waals surface area contributed by atoms with Crippen LogP contribution in [0, 0.1) is 0 Å². The van der Waals surface area contributed by atoms with Crippen molar-refractivity contribution in [2.45, 2.75) is 25.0 Å². The summed E-state index contributed by atoms with van der Waals surface area (Å²) in [5.74, 6) is 0.0542. The maximum Gasteiger partial charge on any atom is 0.227 e. The summed E-state index contributed by atoms with van der Waals surface area (Å²) in [6.07, 6.45) is 4.28. The maximum absolute atomic E-state index is 12.9. The molecule has 1 aromatic heterocycles. The fourth-order valence-corrected chi connectivity index (χ4v) is 3.79. The number of aliphatic hydroxyl groups is 1. The average Bonchev–Trinajstić information content (AvgIpc) is 3.05. The summed E-state index contributed by atoms with van der Waals surface area (Å²) in [6, 6.07) is 12.0. The first kappa shape index (κ1) is 19.0. The van der Waals surface area contributed by atoms with E-state index in [4.69, 9.17) is 0 Å². The van der Waals surface area contributed by atoms with Gasteiger partial charge in [0.1, 0.15) is 0 Å². The molecular weight excluding hydrogens is 394 g/mol. The predicted molar refractivity (Wildman–Crippen MR) is 105 cm³/mol. The Bertz CT molecular complexity index is 741. The Morgan fingerprint density at radius 1 is 1.38 bits per heavy atom. The van der Waals surface area contributed by atoms with E-state index in [0.29, 0.717) is 13.0 Å². The standard InChI is InChI=1S/C20H24BrN3O2/c1-23(20(26)10-15-9-17(21)12-22-11-15)19(16-5-3-2-4-6-16)14-24-8-7-18(25)13-24/h2-6,9,11-12,18-19,25H,7-8,10,13-14H2,1H3/t18-,19?/m0/s1. The van der Waals surface area contributed by atoms with Crippen LogP contribution in [-0.2, 0) is 11.2 Å². The van der Waals surface area contributed by atoms with Crippen molar-refractivity contribution in [3.63, 3.8) is 0 Å². The second-order valence-corrected chi connectivity index (χ2v) is 7.74. The van der Waals surface area contributed by atoms with Crippen molar-refractivity contribution in [2.75, 3.05) is 26.7 Å². The lowest BCUT2D eigenvalue weighted by molar-refractivity contribution is -0.131. The highest BCUT2D eigenvalue weighted by Gasteiger charge is 2.28. The van der Waals surface area contributed by atoms with Gasteiger partial charge in [0.05, 0.1) is 18.6 Å². The fourth-order valence-electron chi connectivity index (χ4n) is 3.37. The zero-order valence-electron chi connectivity index (χ0n) is 14.9. The molecule has 5 nitrogen and oxygen atoms in total. The number of rotatable bonds is 6. The Morgan fingerprint density at radius 2 is 2.15 bits per heavy atom. The van der Waals surface area contributed by atoms with E-state index >= 15 is 0 Å². The fraction of sp³-hybridized carbons (Fsp3) is 0.400. The summed E-state index contributed by atoms with van der Waals surface area (Å²) in [6.45, 7) is 2.25. The van der Waals surface area contributed by atoms with Crippen LogP contribution in [-0.4, -0.2) is 58.6 Å². The van der Waals surface area contributed by atoms with Crippen LogP contribution >= 0.6 is 15.9 Å². The highest BCUT2D eigenvalue weighted by molar-refractivity contribution is 9.10. The third-order valence-electron chi connectivity index (χ3n) is 4.84. The third kappa shape index (κ3) is 4.90. The summed E-state index contributed by atoms with van der Waals surface area (Å²) in [4.78, 5) is 21.1. The van der Waals surface area contributed by atoms with Crippen molar-refractivity contribution in [1.29, 1.82) is 0 Å². The van der Waals surface area contributed by atoms with E-state index in [2.05, 4.69) is 37.9 Å². The van der Waals surface area contributed by atoms with Crippen LogP contribution in [0.5, 0.6) is 0 Å². The Hall–Kier alpha value is -1.76. The lowest BCUT2D eigenvalue weighted by atomic mass is 10.0. The molecule has 26 heavy (non-hydrogen) atoms. The molecule has 1 aromatic carbocycles. The van der Waals surface area contributed by atoms with E-state index < -0.39 is 0 Å². The minimum atomic E-state index is -0.264. The van der Waals surface area contributed by atoms with E-state index in [1.54, 1.807) is 12.4 Å². The van der Waals surface area contributed by atoms with E-state index in [-0.39, 0.29) is 18.1 Å². The van der Waals surface area contributed by atoms with E-state index in [0.717, 1.165) is 35.1 Å². The second kappa shape index (κ2) is 8.75. The monoisotopic (exact) mass is 417 g/mol. The van der Waals surface area contributed by atoms with E-state index in [1.165, 1.54) is 0 Å². The van der Waals surface area contributed by atoms with Gasteiger partial charge in [-0.15, -0.1) is 0 Å². The summed E-state index contributed by atoms with van der Waals surface area (Å²) in [5.41, 5.74) is 2.00. The number of benzene rings is 1. The van der Waals surface area contributed by atoms with Gasteiger partial charge in [0, 0.05) is 43.5 Å². The summed E-state index contributed by atoms with van der Waals surface area (Å²) in [7, 11) is 1.86. The molecule has 1 aliphatic rings. The van der Waals surface area contributed by atoms with Crippen LogP contribution in [0.15, 0.2) is 53.3 Å². The highest BCUT2D eigenvalue weighted by Crippen LogP contribution is 2.24. The smallest absolute Gasteiger partial charge is 0.227 e. The zero-order valence-corrected chi connectivity index (χ0v) is 16.5. The minimum Gasteiger partial charge on any atom is -0.392 e. The van der Waals surface area contributed by atoms with Gasteiger partial charge in [0.25, 0.3) is 0 Å². The van der Waals surface area contributed by atoms with Gasteiger partial charge in [-0.05, 0) is 39.5 Å². The highest BCUT2D eigenvalue weighted by atomic mass is 79.9. The van der Waals surface area contributed by atoms with Gasteiger partial charge in [-0.1, -0.05) is 30.3 Å². The molecule has 0 saturated carbocycles. The molecule has 1 aliphatic heterocycles. The SMILES string of the molecule is CN(C(=O)Cc1cncc(Br)c1)C(CN1CC[C@H](O)C1)c1ccccc1. The maximum atomic E-state index is 12.9. The van der Waals surface area contributed by atoms with Gasteiger partial charge in [-0.2, -0.15) is 0 Å². The quantitative estimate of drug-likeness (QED) is 0.784. The predicted octanol–water partition coefficient (Wildman–Crippen LogP) is 2.65. The van der Waals surface area contributed by atoms with Crippen molar-refractivity contribution in [3.05, 3.63) is 64.4 Å². The molecule has 1 unspecified atom stereocenters. The second-order valence-electron chi connectivity index (χ2n) is 6.82. The summed E-state index contributed by atoms with van der Waals surface area (Å²) >= 11 is 3.40. The number of aromatic nitrogens is 1. The number of hydrogen-bond acceptors (Lipinski definition) is 4. The lowest BCUT2D eigenvalue weighted by Gasteiger charge is -2.32. The molecule has 1 N–H and O–H groups in total. The van der Waals surface area contributed by atoms with Crippen molar-refractivity contribution in [3.8, 4) is 0 Å². The Labute approximate surface area is 162 Å². The number of aliphatic hydroxyl groups excluding tert-OH is 1. The Morgan fingerprint density at radius 3 is 2.81 bits per heavy atom. The number of halogens is 1. The van der Waals surface area contributed by atoms with Crippen LogP contribution in [0.4, 0.5) is 0 Å². The van der Waals surface area contributed by atoms with Gasteiger partial charge in [0.2, 0.25) is 5.91 Å². The van der Waals surface area contributed by atoms with Crippen LogP contribution < -0.4 is 0 Å². The molecule has 1 saturated heterocycles. The number of likely N-dealkylation sites (tertiary alicyclic amines) is 1. The number of carbonyl (C=O) groups is 1. The summed E-state index contributed by atoms with van der Waals surface area (Å²) in [5, 5.41) is 9.82. The number of hydrogen-bond donors (Lipinski definition) is 1. The number of pyridine rings is 1. The molecule has 138 valence electrons. The number of likely N-dealkylation sites (N-methyl/N-ethyl adjacent to an activating group) is 1. The van der Waals surface area contributed by atoms with Gasteiger partial charge in [-0.25, -0.2) is 0 Å². The van der Waals surface area contributed by atoms with Crippen LogP contribution in [0.25, 0.3) is 0 Å². The molecule has 0 bridgehead atoms. The molecule has 6 heteroatoms. The van der Waals surface area contributed by atoms with Crippen molar-refractivity contribution in [2.24, 2.45) is 0 Å². The first-order valence-electron chi connectivity index (χ1n) is 8.83. The lowest BCUT2D eigenvalue weighted by Crippen LogP contribution is -2.39. The van der Waals surface area contributed by atoms with Gasteiger partial charge >= 0.3 is 0 Å². The zero-order chi connectivity index (χ0) is 18.5. The van der Waals surface area contributed by atoms with Crippen molar-refractivity contribution < 1.29 is 9.90 Å². The minimum absolute atomic E-state index is 0.0471. The third-order valence-corrected chi connectivity index (χ3v) is 5.27. The van der Waals surface area contributed by atoms with Crippen molar-refractivity contribution >= 4 is 21.8 Å². The van der Waals surface area contributed by atoms with Crippen LogP contribution in [0.3, 0.4) is 0 Å². The first-order chi connectivity index (χ1) is 12.5. The number of carbonyl (C=O) groups excluding carboxylic acids is 1. The molecule has 3 rings (SSSR count). The van der Waals surface area contributed by atoms with E-state index in [9.17, 15) is 9.90 Å². The van der Waals surface area contributed by atoms with E-state index in [1.807, 2.05) is 36.2 Å². The molecule has 1 fully saturated rings. The average molecular weight is 418 g/mol. The molecule has 2 aromatic rings. The normalized spacial score (nSPS) is 18.7. The van der Waals surface area contributed by atoms with Gasteiger partial charge in [0.15, 0.2) is 0 Å².